The molecule has 7 nitrogen and oxygen atoms in total. The Balaban J connectivity index is 1.36. The number of hydrogen-bond acceptors (Lipinski definition) is 5. The third kappa shape index (κ3) is 4.47. The molecule has 0 aliphatic carbocycles. The second kappa shape index (κ2) is 8.88. The molecule has 1 atom stereocenters. The molecule has 1 aromatic heterocycles. The smallest absolute Gasteiger partial charge is 0.243 e. The van der Waals surface area contributed by atoms with Crippen molar-refractivity contribution < 1.29 is 22.4 Å². The van der Waals surface area contributed by atoms with Gasteiger partial charge in [-0.05, 0) is 51.0 Å². The number of ketones is 1. The molecule has 1 aliphatic heterocycles. The van der Waals surface area contributed by atoms with E-state index in [1.54, 1.807) is 0 Å². The summed E-state index contributed by atoms with van der Waals surface area (Å²) in [5.74, 6) is 0.223. The summed E-state index contributed by atoms with van der Waals surface area (Å²) in [6, 6.07) is 15.3. The van der Waals surface area contributed by atoms with Crippen molar-refractivity contribution in [2.75, 3.05) is 13.1 Å². The molecule has 1 amide bonds. The highest BCUT2D eigenvalue weighted by Crippen LogP contribution is 2.27. The Kier molecular flexibility index (Phi) is 6.17. The van der Waals surface area contributed by atoms with Gasteiger partial charge in [-0.15, -0.1) is 0 Å². The van der Waals surface area contributed by atoms with Crippen LogP contribution in [0.2, 0.25) is 0 Å². The standard InChI is InChI=1S/C24H26N2O5S/c1-16(23-15-20-5-3-4-6-22(20)31-23)25-24(28)19-11-13-26(14-12-19)32(29,30)21-9-7-18(8-10-21)17(2)27/h3-10,15-16,19H,11-14H2,1-2H3,(H,25,28). The van der Waals surface area contributed by atoms with Crippen LogP contribution >= 0.6 is 0 Å². The zero-order valence-corrected chi connectivity index (χ0v) is 18.9. The van der Waals surface area contributed by atoms with Gasteiger partial charge in [-0.25, -0.2) is 8.42 Å². The lowest BCUT2D eigenvalue weighted by Gasteiger charge is -2.31. The molecule has 4 rings (SSSR count). The van der Waals surface area contributed by atoms with Crippen LogP contribution in [-0.2, 0) is 14.8 Å². The van der Waals surface area contributed by atoms with E-state index in [1.165, 1.54) is 35.5 Å². The molecule has 0 bridgehead atoms. The van der Waals surface area contributed by atoms with Crippen LogP contribution in [0, 0.1) is 5.92 Å². The number of furan rings is 1. The second-order valence-corrected chi connectivity index (χ2v) is 10.1. The summed E-state index contributed by atoms with van der Waals surface area (Å²) in [5, 5.41) is 3.98. The SMILES string of the molecule is CC(=O)c1ccc(S(=O)(=O)N2CCC(C(=O)NC(C)c3cc4ccccc4o3)CC2)cc1. The lowest BCUT2D eigenvalue weighted by Crippen LogP contribution is -2.43. The van der Waals surface area contributed by atoms with Crippen molar-refractivity contribution in [2.45, 2.75) is 37.6 Å². The number of benzene rings is 2. The topological polar surface area (TPSA) is 96.7 Å². The largest absolute Gasteiger partial charge is 0.459 e. The molecule has 8 heteroatoms. The maximum absolute atomic E-state index is 12.9. The quantitative estimate of drug-likeness (QED) is 0.570. The number of nitrogens with one attached hydrogen (secondary N) is 1. The van der Waals surface area contributed by atoms with Crippen LogP contribution in [0.25, 0.3) is 11.0 Å². The Bertz CT molecular complexity index is 1210. The monoisotopic (exact) mass is 454 g/mol. The van der Waals surface area contributed by atoms with Gasteiger partial charge in [0.1, 0.15) is 11.3 Å². The highest BCUT2D eigenvalue weighted by Gasteiger charge is 2.32. The van der Waals surface area contributed by atoms with E-state index in [2.05, 4.69) is 5.32 Å². The van der Waals surface area contributed by atoms with Gasteiger partial charge in [0.25, 0.3) is 0 Å². The molecule has 0 radical (unpaired) electrons. The molecule has 0 saturated carbocycles. The van der Waals surface area contributed by atoms with Gasteiger partial charge in [0.15, 0.2) is 5.78 Å². The van der Waals surface area contributed by atoms with Crippen molar-refractivity contribution in [1.82, 2.24) is 9.62 Å². The molecule has 2 aromatic carbocycles. The van der Waals surface area contributed by atoms with E-state index in [9.17, 15) is 18.0 Å². The van der Waals surface area contributed by atoms with Crippen molar-refractivity contribution in [1.29, 1.82) is 0 Å². The summed E-state index contributed by atoms with van der Waals surface area (Å²) in [4.78, 5) is 24.3. The summed E-state index contributed by atoms with van der Waals surface area (Å²) >= 11 is 0. The number of amides is 1. The zero-order chi connectivity index (χ0) is 22.9. The van der Waals surface area contributed by atoms with Crippen molar-refractivity contribution >= 4 is 32.7 Å². The third-order valence-electron chi connectivity index (χ3n) is 5.95. The van der Waals surface area contributed by atoms with Crippen molar-refractivity contribution in [3.63, 3.8) is 0 Å². The molecular formula is C24H26N2O5S. The highest BCUT2D eigenvalue weighted by atomic mass is 32.2. The Morgan fingerprint density at radius 1 is 1.06 bits per heavy atom. The molecule has 1 aliphatic rings. The fourth-order valence-corrected chi connectivity index (χ4v) is 5.46. The first kappa shape index (κ1) is 22.2. The Hall–Kier alpha value is -2.97. The van der Waals surface area contributed by atoms with Crippen LogP contribution in [0.15, 0.2) is 63.9 Å². The predicted octanol–water partition coefficient (Wildman–Crippen LogP) is 3.91. The summed E-state index contributed by atoms with van der Waals surface area (Å²) < 4.78 is 33.1. The van der Waals surface area contributed by atoms with Crippen LogP contribution in [0.3, 0.4) is 0 Å². The Morgan fingerprint density at radius 2 is 1.72 bits per heavy atom. The maximum Gasteiger partial charge on any atom is 0.243 e. The summed E-state index contributed by atoms with van der Waals surface area (Å²) in [7, 11) is -3.66. The molecule has 0 spiro atoms. The molecule has 1 saturated heterocycles. The maximum atomic E-state index is 12.9. The number of carbonyl (C=O) groups is 2. The summed E-state index contributed by atoms with van der Waals surface area (Å²) in [6.07, 6.45) is 0.896. The molecule has 1 unspecified atom stereocenters. The van der Waals surface area contributed by atoms with Gasteiger partial charge in [0, 0.05) is 30.0 Å². The molecule has 32 heavy (non-hydrogen) atoms. The molecule has 2 heterocycles. The molecule has 1 N–H and O–H groups in total. The first-order valence-corrected chi connectivity index (χ1v) is 12.1. The van der Waals surface area contributed by atoms with E-state index in [0.717, 1.165) is 11.0 Å². The van der Waals surface area contributed by atoms with Gasteiger partial charge < -0.3 is 9.73 Å². The first-order chi connectivity index (χ1) is 15.3. The van der Waals surface area contributed by atoms with Gasteiger partial charge in [-0.1, -0.05) is 30.3 Å². The van der Waals surface area contributed by atoms with E-state index < -0.39 is 10.0 Å². The summed E-state index contributed by atoms with van der Waals surface area (Å²) in [6.45, 7) is 3.86. The van der Waals surface area contributed by atoms with E-state index in [-0.39, 0.29) is 41.6 Å². The van der Waals surface area contributed by atoms with Gasteiger partial charge in [0.05, 0.1) is 10.9 Å². The number of nitrogens with zero attached hydrogens (tertiary/aromatic N) is 1. The lowest BCUT2D eigenvalue weighted by atomic mass is 9.97. The zero-order valence-electron chi connectivity index (χ0n) is 18.1. The predicted molar refractivity (Wildman–Crippen MR) is 121 cm³/mol. The van der Waals surface area contributed by atoms with E-state index in [4.69, 9.17) is 4.42 Å². The van der Waals surface area contributed by atoms with Crippen LogP contribution < -0.4 is 5.32 Å². The summed E-state index contributed by atoms with van der Waals surface area (Å²) in [5.41, 5.74) is 1.25. The third-order valence-corrected chi connectivity index (χ3v) is 7.87. The van der Waals surface area contributed by atoms with Crippen molar-refractivity contribution in [3.05, 3.63) is 65.9 Å². The number of carbonyl (C=O) groups excluding carboxylic acids is 2. The average molecular weight is 455 g/mol. The number of fused-ring (bicyclic) bond motifs is 1. The van der Waals surface area contributed by atoms with Crippen LogP contribution in [-0.4, -0.2) is 37.5 Å². The number of rotatable bonds is 6. The normalized spacial score (nSPS) is 16.7. The molecule has 1 fully saturated rings. The van der Waals surface area contributed by atoms with E-state index in [0.29, 0.717) is 24.2 Å². The van der Waals surface area contributed by atoms with Gasteiger partial charge in [0.2, 0.25) is 15.9 Å². The number of para-hydroxylation sites is 1. The lowest BCUT2D eigenvalue weighted by molar-refractivity contribution is -0.126. The minimum absolute atomic E-state index is 0.0965. The van der Waals surface area contributed by atoms with Crippen LogP contribution in [0.4, 0.5) is 0 Å². The highest BCUT2D eigenvalue weighted by molar-refractivity contribution is 7.89. The Morgan fingerprint density at radius 3 is 2.34 bits per heavy atom. The van der Waals surface area contributed by atoms with Gasteiger partial charge in [-0.2, -0.15) is 4.31 Å². The minimum Gasteiger partial charge on any atom is -0.459 e. The number of sulfonamides is 1. The van der Waals surface area contributed by atoms with Gasteiger partial charge in [-0.3, -0.25) is 9.59 Å². The van der Waals surface area contributed by atoms with Crippen LogP contribution in [0.1, 0.15) is 48.8 Å². The number of Topliss-reactive ketones (excluding diaryl/α,β-unsaturated/α-hetero) is 1. The molecule has 168 valence electrons. The Labute approximate surface area is 187 Å². The van der Waals surface area contributed by atoms with Crippen LogP contribution in [0.5, 0.6) is 0 Å². The fourth-order valence-electron chi connectivity index (χ4n) is 3.99. The second-order valence-electron chi connectivity index (χ2n) is 8.18. The van der Waals surface area contributed by atoms with Crippen molar-refractivity contribution in [2.24, 2.45) is 5.92 Å². The van der Waals surface area contributed by atoms with E-state index in [1.807, 2.05) is 37.3 Å². The minimum atomic E-state index is -3.66. The van der Waals surface area contributed by atoms with Crippen molar-refractivity contribution in [3.8, 4) is 0 Å². The van der Waals surface area contributed by atoms with Gasteiger partial charge >= 0.3 is 0 Å². The number of piperidine rings is 1. The average Bonchev–Trinajstić information content (AvgIpc) is 3.24. The molecular weight excluding hydrogens is 428 g/mol. The fraction of sp³-hybridized carbons (Fsp3) is 0.333. The van der Waals surface area contributed by atoms with E-state index >= 15 is 0 Å². The first-order valence-electron chi connectivity index (χ1n) is 10.7. The molecule has 3 aromatic rings. The number of hydrogen-bond donors (Lipinski definition) is 1.